The second-order valence-electron chi connectivity index (χ2n) is 9.38. The van der Waals surface area contributed by atoms with Gasteiger partial charge >= 0.3 is 5.97 Å². The zero-order chi connectivity index (χ0) is 30.6. The van der Waals surface area contributed by atoms with Crippen LogP contribution in [-0.2, 0) is 12.8 Å². The van der Waals surface area contributed by atoms with Gasteiger partial charge < -0.3 is 41.4 Å². The predicted octanol–water partition coefficient (Wildman–Crippen LogP) is 4.32. The molecule has 1 aliphatic carbocycles. The molecule has 2 aromatic heterocycles. The van der Waals surface area contributed by atoms with E-state index in [2.05, 4.69) is 22.4 Å². The van der Waals surface area contributed by atoms with E-state index in [1.165, 1.54) is 36.1 Å². The highest BCUT2D eigenvalue weighted by Crippen LogP contribution is 2.41. The molecule has 0 amide bonds. The van der Waals surface area contributed by atoms with Crippen LogP contribution in [0.4, 0.5) is 11.4 Å². The number of aliphatic hydroxyl groups is 2. The van der Waals surface area contributed by atoms with Crippen LogP contribution in [0.15, 0.2) is 69.4 Å². The number of nitrogens with zero attached hydrogens (tertiary/aromatic N) is 3. The van der Waals surface area contributed by atoms with Gasteiger partial charge in [-0.3, -0.25) is 4.57 Å². The number of aromatic nitrogens is 1. The van der Waals surface area contributed by atoms with Crippen LogP contribution < -0.4 is 11.5 Å². The van der Waals surface area contributed by atoms with Crippen molar-refractivity contribution in [3.8, 4) is 28.6 Å². The number of aromatic carboxylic acids is 1. The molecule has 42 heavy (non-hydrogen) atoms. The molecule has 0 fully saturated rings. The molecule has 0 aliphatic heterocycles. The van der Waals surface area contributed by atoms with Gasteiger partial charge in [0.05, 0.1) is 18.8 Å². The number of phenols is 1. The van der Waals surface area contributed by atoms with Crippen molar-refractivity contribution < 1.29 is 34.7 Å². The van der Waals surface area contributed by atoms with E-state index in [1.54, 1.807) is 29.0 Å². The molecule has 0 unspecified atom stereocenters. The number of hydrogen-bond donors (Lipinski definition) is 7. The number of rotatable bonds is 7. The summed E-state index contributed by atoms with van der Waals surface area (Å²) >= 11 is 0. The fourth-order valence-corrected chi connectivity index (χ4v) is 4.31. The van der Waals surface area contributed by atoms with Gasteiger partial charge in [0.25, 0.3) is 0 Å². The standard InChI is InChI=1S/C26H23N3O5.2C2H7NO/c1-15-14-29(18-10-9-16-5-2-3-6-17(16)13-18)25(31)23(15)28-27-20-8-4-7-19(24(20)30)21-11-12-22(34-21)26(32)33;2*3-1-2-4/h4,7-14,30-31H,2-3,5-6H2,1H3,(H,32,33);2*4H,1-3H2. The minimum atomic E-state index is -1.20. The molecule has 4 aromatic rings. The second kappa shape index (κ2) is 15.5. The molecule has 5 rings (SSSR count). The first kappa shape index (κ1) is 32.0. The summed E-state index contributed by atoms with van der Waals surface area (Å²) in [5, 5.41) is 54.5. The molecule has 224 valence electrons. The number of phenolic OH excluding ortho intramolecular Hbond substituents is 1. The summed E-state index contributed by atoms with van der Waals surface area (Å²) in [5.41, 5.74) is 14.6. The first-order valence-electron chi connectivity index (χ1n) is 13.5. The third kappa shape index (κ3) is 7.83. The van der Waals surface area contributed by atoms with Gasteiger partial charge in [0.2, 0.25) is 11.6 Å². The molecular weight excluding hydrogens is 542 g/mol. The minimum absolute atomic E-state index is 0.0372. The van der Waals surface area contributed by atoms with Crippen LogP contribution in [0.25, 0.3) is 17.0 Å². The maximum atomic E-state index is 11.1. The Labute approximate surface area is 243 Å². The molecule has 1 aliphatic rings. The maximum absolute atomic E-state index is 11.1. The lowest BCUT2D eigenvalue weighted by Crippen LogP contribution is -2.03. The normalized spacial score (nSPS) is 12.2. The highest BCUT2D eigenvalue weighted by molar-refractivity contribution is 5.85. The van der Waals surface area contributed by atoms with Gasteiger partial charge in [0.15, 0.2) is 11.4 Å². The maximum Gasteiger partial charge on any atom is 0.371 e. The summed E-state index contributed by atoms with van der Waals surface area (Å²) in [6, 6.07) is 13.8. The molecule has 12 heteroatoms. The van der Waals surface area contributed by atoms with Gasteiger partial charge in [-0.15, -0.1) is 10.2 Å². The van der Waals surface area contributed by atoms with Crippen LogP contribution in [0.2, 0.25) is 0 Å². The molecule has 9 N–H and O–H groups in total. The number of carboxylic acids is 1. The van der Waals surface area contributed by atoms with Gasteiger partial charge in [-0.25, -0.2) is 4.79 Å². The highest BCUT2D eigenvalue weighted by atomic mass is 16.4. The summed E-state index contributed by atoms with van der Waals surface area (Å²) in [6.45, 7) is 2.77. The quantitative estimate of drug-likeness (QED) is 0.155. The molecule has 2 aromatic carbocycles. The number of furan rings is 1. The van der Waals surface area contributed by atoms with Crippen molar-refractivity contribution in [1.29, 1.82) is 0 Å². The summed E-state index contributed by atoms with van der Waals surface area (Å²) in [5.74, 6) is -1.47. The van der Waals surface area contributed by atoms with Crippen LogP contribution >= 0.6 is 0 Å². The molecule has 0 saturated carbocycles. The number of carbonyl (C=O) groups is 1. The van der Waals surface area contributed by atoms with Gasteiger partial charge in [-0.05, 0) is 85.7 Å². The van der Waals surface area contributed by atoms with E-state index in [-0.39, 0.29) is 47.6 Å². The number of fused-ring (bicyclic) bond motifs is 1. The van der Waals surface area contributed by atoms with Crippen molar-refractivity contribution in [2.45, 2.75) is 32.6 Å². The highest BCUT2D eigenvalue weighted by Gasteiger charge is 2.18. The Morgan fingerprint density at radius 3 is 2.24 bits per heavy atom. The van der Waals surface area contributed by atoms with Gasteiger partial charge in [0.1, 0.15) is 11.4 Å². The van der Waals surface area contributed by atoms with E-state index in [9.17, 15) is 15.0 Å². The number of para-hydroxylation sites is 1. The topological polar surface area (TPSA) is 213 Å². The van der Waals surface area contributed by atoms with Gasteiger partial charge in [0, 0.05) is 25.0 Å². The lowest BCUT2D eigenvalue weighted by Gasteiger charge is -2.17. The van der Waals surface area contributed by atoms with Gasteiger partial charge in [-0.2, -0.15) is 0 Å². The number of nitrogens with two attached hydrogens (primary N) is 2. The lowest BCUT2D eigenvalue weighted by molar-refractivity contribution is 0.0663. The molecule has 0 radical (unpaired) electrons. The Morgan fingerprint density at radius 2 is 1.62 bits per heavy atom. The molecule has 0 atom stereocenters. The summed E-state index contributed by atoms with van der Waals surface area (Å²) in [4.78, 5) is 11.1. The Kier molecular flexibility index (Phi) is 11.8. The summed E-state index contributed by atoms with van der Waals surface area (Å²) in [6.07, 6.45) is 6.31. The number of azo groups is 1. The summed E-state index contributed by atoms with van der Waals surface area (Å²) < 4.78 is 6.97. The minimum Gasteiger partial charge on any atom is -0.505 e. The Hall–Kier alpha value is -4.49. The van der Waals surface area contributed by atoms with Crippen molar-refractivity contribution in [3.05, 3.63) is 77.2 Å². The molecule has 12 nitrogen and oxygen atoms in total. The molecule has 0 bridgehead atoms. The fraction of sp³-hybridized carbons (Fsp3) is 0.300. The first-order chi connectivity index (χ1) is 20.2. The van der Waals surface area contributed by atoms with E-state index < -0.39 is 5.97 Å². The largest absolute Gasteiger partial charge is 0.505 e. The van der Waals surface area contributed by atoms with Crippen molar-refractivity contribution >= 4 is 17.3 Å². The second-order valence-corrected chi connectivity index (χ2v) is 9.38. The average Bonchev–Trinajstić information content (AvgIpc) is 3.61. The Bertz CT molecular complexity index is 1500. The number of aliphatic hydroxyl groups excluding tert-OH is 2. The van der Waals surface area contributed by atoms with Crippen LogP contribution in [0.1, 0.15) is 40.1 Å². The number of aromatic hydroxyl groups is 2. The van der Waals surface area contributed by atoms with Crippen LogP contribution in [0, 0.1) is 6.92 Å². The smallest absolute Gasteiger partial charge is 0.371 e. The SMILES string of the molecule is Cc1cn(-c2ccc3c(c2)CCCC3)c(O)c1N=Nc1cccc(-c2ccc(C(=O)O)o2)c1O.NCCO.NCCO. The molecule has 0 saturated heterocycles. The zero-order valence-corrected chi connectivity index (χ0v) is 23.4. The van der Waals surface area contributed by atoms with E-state index in [0.29, 0.717) is 18.8 Å². The number of aryl methyl sites for hydroxylation is 3. The van der Waals surface area contributed by atoms with Crippen molar-refractivity contribution in [2.24, 2.45) is 21.7 Å². The molecule has 0 spiro atoms. The Morgan fingerprint density at radius 1 is 0.952 bits per heavy atom. The molecule has 2 heterocycles. The first-order valence-corrected chi connectivity index (χ1v) is 13.5. The van der Waals surface area contributed by atoms with E-state index >= 15 is 0 Å². The Balaban J connectivity index is 0.000000540. The number of carboxylic acid groups (broad SMARTS) is 1. The van der Waals surface area contributed by atoms with E-state index in [4.69, 9.17) is 31.2 Å². The molecular formula is C30H37N5O7. The van der Waals surface area contributed by atoms with Crippen LogP contribution in [-0.4, -0.2) is 62.4 Å². The fourth-order valence-electron chi connectivity index (χ4n) is 4.31. The lowest BCUT2D eigenvalue weighted by atomic mass is 9.91. The zero-order valence-electron chi connectivity index (χ0n) is 23.4. The summed E-state index contributed by atoms with van der Waals surface area (Å²) in [7, 11) is 0. The van der Waals surface area contributed by atoms with Crippen molar-refractivity contribution in [2.75, 3.05) is 26.3 Å². The van der Waals surface area contributed by atoms with E-state index in [0.717, 1.165) is 24.1 Å². The predicted molar refractivity (Wildman–Crippen MR) is 158 cm³/mol. The number of benzene rings is 2. The monoisotopic (exact) mass is 579 g/mol. The third-order valence-corrected chi connectivity index (χ3v) is 6.36. The van der Waals surface area contributed by atoms with Crippen molar-refractivity contribution in [1.82, 2.24) is 4.57 Å². The van der Waals surface area contributed by atoms with E-state index in [1.807, 2.05) is 13.0 Å². The van der Waals surface area contributed by atoms with Crippen molar-refractivity contribution in [3.63, 3.8) is 0 Å². The number of hydrogen-bond acceptors (Lipinski definition) is 10. The van der Waals surface area contributed by atoms with Crippen LogP contribution in [0.5, 0.6) is 11.6 Å². The van der Waals surface area contributed by atoms with Gasteiger partial charge in [-0.1, -0.05) is 12.1 Å². The third-order valence-electron chi connectivity index (χ3n) is 6.36. The average molecular weight is 580 g/mol. The van der Waals surface area contributed by atoms with Crippen LogP contribution in [0.3, 0.4) is 0 Å².